The van der Waals surface area contributed by atoms with E-state index in [1.54, 1.807) is 18.2 Å². The van der Waals surface area contributed by atoms with Gasteiger partial charge in [0.2, 0.25) is 0 Å². The quantitative estimate of drug-likeness (QED) is 0.437. The fourth-order valence-corrected chi connectivity index (χ4v) is 5.31. The van der Waals surface area contributed by atoms with Gasteiger partial charge in [-0.25, -0.2) is 4.79 Å². The largest absolute Gasteiger partial charge is 0.480 e. The lowest BCUT2D eigenvalue weighted by Crippen LogP contribution is -2.54. The molecule has 0 aromatic heterocycles. The lowest BCUT2D eigenvalue weighted by Gasteiger charge is -2.35. The molecule has 0 radical (unpaired) electrons. The first-order valence-corrected chi connectivity index (χ1v) is 12.7. The fourth-order valence-electron chi connectivity index (χ4n) is 3.97. The van der Waals surface area contributed by atoms with E-state index >= 15 is 0 Å². The Hall–Kier alpha value is -3.91. The second-order valence-corrected chi connectivity index (χ2v) is 10.1. The van der Waals surface area contributed by atoms with Gasteiger partial charge in [-0.2, -0.15) is 17.4 Å². The van der Waals surface area contributed by atoms with Crippen molar-refractivity contribution in [2.24, 2.45) is 0 Å². The number of carboxylic acid groups (broad SMARTS) is 2. The Kier molecular flexibility index (Phi) is 7.26. The Morgan fingerprint density at radius 2 is 1.56 bits per heavy atom. The van der Waals surface area contributed by atoms with E-state index < -0.39 is 28.2 Å². The number of nitrogens with zero attached hydrogens (tertiary/aromatic N) is 2. The molecule has 1 saturated heterocycles. The molecule has 36 heavy (non-hydrogen) atoms. The molecule has 1 fully saturated rings. The molecular weight excluding hydrogens is 482 g/mol. The third kappa shape index (κ3) is 5.66. The van der Waals surface area contributed by atoms with Crippen molar-refractivity contribution in [3.05, 3.63) is 77.4 Å². The van der Waals surface area contributed by atoms with Gasteiger partial charge in [-0.15, -0.1) is 0 Å². The van der Waals surface area contributed by atoms with Crippen LogP contribution in [-0.4, -0.2) is 67.1 Å². The highest BCUT2D eigenvalue weighted by atomic mass is 32.2. The number of anilines is 1. The van der Waals surface area contributed by atoms with Crippen molar-refractivity contribution >= 4 is 38.6 Å². The molecule has 9 nitrogen and oxygen atoms in total. The lowest BCUT2D eigenvalue weighted by molar-refractivity contribution is -0.138. The Morgan fingerprint density at radius 3 is 2.19 bits per heavy atom. The number of aliphatic carboxylic acids is 1. The highest BCUT2D eigenvalue weighted by Crippen LogP contribution is 2.21. The Labute approximate surface area is 209 Å². The Balaban J connectivity index is 1.41. The summed E-state index contributed by atoms with van der Waals surface area (Å²) < 4.78 is 28.2. The number of carboxylic acids is 2. The van der Waals surface area contributed by atoms with Crippen molar-refractivity contribution in [1.29, 1.82) is 0 Å². The average molecular weight is 508 g/mol. The maximum Gasteiger partial charge on any atom is 0.336 e. The van der Waals surface area contributed by atoms with Crippen molar-refractivity contribution in [3.8, 4) is 11.8 Å². The third-order valence-corrected chi connectivity index (χ3v) is 7.67. The number of hydrogen-bond donors (Lipinski definition) is 3. The number of benzene rings is 3. The van der Waals surface area contributed by atoms with Gasteiger partial charge in [0.1, 0.15) is 6.04 Å². The van der Waals surface area contributed by atoms with Crippen molar-refractivity contribution in [3.63, 3.8) is 0 Å². The Bertz CT molecular complexity index is 1470. The molecule has 10 heteroatoms. The van der Waals surface area contributed by atoms with Gasteiger partial charge in [0.25, 0.3) is 10.2 Å². The second kappa shape index (κ2) is 10.4. The zero-order chi connectivity index (χ0) is 25.9. The van der Waals surface area contributed by atoms with Crippen LogP contribution in [0.3, 0.4) is 0 Å². The number of nitrogens with one attached hydrogen (secondary N) is 1. The van der Waals surface area contributed by atoms with Crippen LogP contribution in [0.2, 0.25) is 0 Å². The second-order valence-electron chi connectivity index (χ2n) is 8.41. The van der Waals surface area contributed by atoms with E-state index in [2.05, 4.69) is 21.5 Å². The third-order valence-electron chi connectivity index (χ3n) is 5.97. The first-order valence-electron chi connectivity index (χ1n) is 11.3. The number of hydrogen-bond acceptors (Lipinski definition) is 5. The molecule has 1 unspecified atom stereocenters. The number of carbonyl (C=O) groups is 2. The Morgan fingerprint density at radius 1 is 0.917 bits per heavy atom. The molecule has 0 bridgehead atoms. The molecule has 1 aliphatic rings. The monoisotopic (exact) mass is 507 g/mol. The van der Waals surface area contributed by atoms with Crippen molar-refractivity contribution in [2.75, 3.05) is 31.1 Å². The summed E-state index contributed by atoms with van der Waals surface area (Å²) in [7, 11) is -3.87. The van der Waals surface area contributed by atoms with Crippen LogP contribution in [0.5, 0.6) is 0 Å². The summed E-state index contributed by atoms with van der Waals surface area (Å²) in [6.45, 7) is 2.70. The van der Waals surface area contributed by atoms with Gasteiger partial charge < -0.3 is 15.1 Å². The summed E-state index contributed by atoms with van der Waals surface area (Å²) in [6.07, 6.45) is 0. The molecule has 1 heterocycles. The zero-order valence-electron chi connectivity index (χ0n) is 19.5. The minimum Gasteiger partial charge on any atom is -0.480 e. The lowest BCUT2D eigenvalue weighted by atomic mass is 10.0. The van der Waals surface area contributed by atoms with Crippen LogP contribution in [-0.2, 0) is 15.0 Å². The summed E-state index contributed by atoms with van der Waals surface area (Å²) in [5.74, 6) is 3.97. The minimum atomic E-state index is -3.87. The van der Waals surface area contributed by atoms with E-state index in [1.807, 2.05) is 42.5 Å². The van der Waals surface area contributed by atoms with E-state index in [9.17, 15) is 23.1 Å². The standard InChI is InChI=1S/C26H25N3O6S/c1-18(25(30)31)27-36(34,35)29-15-13-28(14-16-29)22-11-8-19(9-12-22)5-6-20-7-10-21-3-2-4-23(26(32)33)24(21)17-20/h2-4,7-12,17-18,27H,13-16H2,1H3,(H,30,31)(H,32,33). The summed E-state index contributed by atoms with van der Waals surface area (Å²) >= 11 is 0. The van der Waals surface area contributed by atoms with E-state index in [1.165, 1.54) is 11.2 Å². The van der Waals surface area contributed by atoms with Crippen LogP contribution >= 0.6 is 0 Å². The van der Waals surface area contributed by atoms with Gasteiger partial charge >= 0.3 is 11.9 Å². The molecule has 3 N–H and O–H groups in total. The highest BCUT2D eigenvalue weighted by molar-refractivity contribution is 7.87. The van der Waals surface area contributed by atoms with Crippen LogP contribution in [0.15, 0.2) is 60.7 Å². The molecular formula is C26H25N3O6S. The van der Waals surface area contributed by atoms with Crippen LogP contribution in [0.1, 0.15) is 28.4 Å². The smallest absolute Gasteiger partial charge is 0.336 e. The zero-order valence-corrected chi connectivity index (χ0v) is 20.3. The van der Waals surface area contributed by atoms with E-state index in [-0.39, 0.29) is 18.7 Å². The minimum absolute atomic E-state index is 0.237. The van der Waals surface area contributed by atoms with Crippen molar-refractivity contribution < 1.29 is 28.2 Å². The van der Waals surface area contributed by atoms with Gasteiger partial charge in [0.05, 0.1) is 5.56 Å². The molecule has 1 atom stereocenters. The van der Waals surface area contributed by atoms with E-state index in [0.29, 0.717) is 24.0 Å². The van der Waals surface area contributed by atoms with Crippen molar-refractivity contribution in [1.82, 2.24) is 9.03 Å². The predicted molar refractivity (Wildman–Crippen MR) is 136 cm³/mol. The van der Waals surface area contributed by atoms with Gasteiger partial charge in [0.15, 0.2) is 0 Å². The van der Waals surface area contributed by atoms with E-state index in [4.69, 9.17) is 5.11 Å². The van der Waals surface area contributed by atoms with Gasteiger partial charge in [0, 0.05) is 43.0 Å². The summed E-state index contributed by atoms with van der Waals surface area (Å²) in [5.41, 5.74) is 2.67. The number of fused-ring (bicyclic) bond motifs is 1. The molecule has 1 aliphatic heterocycles. The van der Waals surface area contributed by atoms with Gasteiger partial charge in [-0.3, -0.25) is 4.79 Å². The summed E-state index contributed by atoms with van der Waals surface area (Å²) in [5, 5.41) is 19.9. The molecule has 0 aliphatic carbocycles. The summed E-state index contributed by atoms with van der Waals surface area (Å²) in [4.78, 5) is 24.5. The van der Waals surface area contributed by atoms with Crippen LogP contribution < -0.4 is 9.62 Å². The van der Waals surface area contributed by atoms with Crippen LogP contribution in [0.25, 0.3) is 10.8 Å². The molecule has 0 amide bonds. The molecule has 3 aromatic rings. The predicted octanol–water partition coefficient (Wildman–Crippen LogP) is 2.37. The molecule has 0 saturated carbocycles. The van der Waals surface area contributed by atoms with E-state index in [0.717, 1.165) is 16.6 Å². The SMILES string of the molecule is CC(NS(=O)(=O)N1CCN(c2ccc(C#Cc3ccc4cccc(C(=O)O)c4c3)cc2)CC1)C(=O)O. The molecule has 3 aromatic carbocycles. The average Bonchev–Trinajstić information content (AvgIpc) is 2.87. The topological polar surface area (TPSA) is 127 Å². The summed E-state index contributed by atoms with van der Waals surface area (Å²) in [6, 6.07) is 17.0. The molecule has 186 valence electrons. The highest BCUT2D eigenvalue weighted by Gasteiger charge is 2.29. The fraction of sp³-hybridized carbons (Fsp3) is 0.231. The van der Waals surface area contributed by atoms with Crippen LogP contribution in [0.4, 0.5) is 5.69 Å². The maximum atomic E-state index is 12.4. The maximum absolute atomic E-state index is 12.4. The number of rotatable bonds is 6. The first-order chi connectivity index (χ1) is 17.1. The van der Waals surface area contributed by atoms with Crippen molar-refractivity contribution in [2.45, 2.75) is 13.0 Å². The first kappa shape index (κ1) is 25.2. The normalized spacial score (nSPS) is 15.2. The molecule has 4 rings (SSSR count). The number of aromatic carboxylic acids is 1. The van der Waals surface area contributed by atoms with Gasteiger partial charge in [-0.1, -0.05) is 30.0 Å². The van der Waals surface area contributed by atoms with Crippen LogP contribution in [0, 0.1) is 11.8 Å². The number of piperazine rings is 1. The molecule has 0 spiro atoms. The van der Waals surface area contributed by atoms with Gasteiger partial charge in [-0.05, 0) is 60.2 Å².